The lowest BCUT2D eigenvalue weighted by atomic mass is 10.3. The molecule has 0 aliphatic rings. The Labute approximate surface area is 59.5 Å². The van der Waals surface area contributed by atoms with Crippen molar-refractivity contribution in [3.8, 4) is 0 Å². The van der Waals surface area contributed by atoms with Gasteiger partial charge in [-0.15, -0.1) is 0 Å². The number of aldehydes is 1. The highest BCUT2D eigenvalue weighted by atomic mass is 16.1. The smallest absolute Gasteiger partial charge is 0.185 e. The summed E-state index contributed by atoms with van der Waals surface area (Å²) in [6, 6.07) is 0. The lowest BCUT2D eigenvalue weighted by molar-refractivity contribution is 0.111. The van der Waals surface area contributed by atoms with Crippen molar-refractivity contribution in [3.63, 3.8) is 0 Å². The molecule has 1 aromatic rings. The van der Waals surface area contributed by atoms with E-state index in [-0.39, 0.29) is 0 Å². The maximum atomic E-state index is 10.1. The van der Waals surface area contributed by atoms with Gasteiger partial charge >= 0.3 is 0 Å². The molecule has 3 nitrogen and oxygen atoms in total. The number of H-pyrrole nitrogens is 1. The molecule has 0 saturated carbocycles. The highest BCUT2D eigenvalue weighted by Crippen LogP contribution is 1.97. The largest absolute Gasteiger partial charge is 0.340 e. The Morgan fingerprint density at radius 2 is 2.60 bits per heavy atom. The van der Waals surface area contributed by atoms with E-state index in [1.807, 2.05) is 0 Å². The summed E-state index contributed by atoms with van der Waals surface area (Å²) in [6.07, 6.45) is 4.45. The number of hydrogen-bond donors (Lipinski definition) is 1. The second kappa shape index (κ2) is 3.15. The third-order valence-electron chi connectivity index (χ3n) is 1.28. The molecule has 0 aromatic carbocycles. The van der Waals surface area contributed by atoms with E-state index in [1.54, 1.807) is 6.20 Å². The molecule has 0 aliphatic carbocycles. The van der Waals surface area contributed by atoms with E-state index in [9.17, 15) is 4.79 Å². The maximum absolute atomic E-state index is 10.1. The third-order valence-corrected chi connectivity index (χ3v) is 1.28. The van der Waals surface area contributed by atoms with Crippen molar-refractivity contribution in [1.29, 1.82) is 0 Å². The molecule has 1 aromatic heterocycles. The van der Waals surface area contributed by atoms with E-state index in [4.69, 9.17) is 0 Å². The van der Waals surface area contributed by atoms with Gasteiger partial charge in [-0.25, -0.2) is 4.98 Å². The van der Waals surface area contributed by atoms with Gasteiger partial charge in [0.1, 0.15) is 0 Å². The first kappa shape index (κ1) is 6.99. The predicted molar refractivity (Wildman–Crippen MR) is 38.0 cm³/mol. The molecule has 0 fully saturated rings. The molecule has 0 aliphatic heterocycles. The molecule has 10 heavy (non-hydrogen) atoms. The molecular weight excluding hydrogens is 128 g/mol. The second-order valence-electron chi connectivity index (χ2n) is 2.16. The first-order valence-corrected chi connectivity index (χ1v) is 3.36. The molecular formula is C7H10N2O. The summed E-state index contributed by atoms with van der Waals surface area (Å²) < 4.78 is 0. The van der Waals surface area contributed by atoms with Crippen LogP contribution in [0.25, 0.3) is 0 Å². The van der Waals surface area contributed by atoms with Crippen molar-refractivity contribution in [2.45, 2.75) is 19.8 Å². The van der Waals surface area contributed by atoms with Gasteiger partial charge in [0.15, 0.2) is 12.1 Å². The fourth-order valence-electron chi connectivity index (χ4n) is 0.833. The van der Waals surface area contributed by atoms with Crippen LogP contribution in [-0.4, -0.2) is 16.3 Å². The second-order valence-corrected chi connectivity index (χ2v) is 2.16. The van der Waals surface area contributed by atoms with Crippen LogP contribution in [0.15, 0.2) is 6.20 Å². The standard InChI is InChI=1S/C7H10N2O/c1-2-3-6-4-8-7(5-10)9-6/h4-5H,2-3H2,1H3,(H,8,9). The van der Waals surface area contributed by atoms with Gasteiger partial charge in [-0.05, 0) is 6.42 Å². The summed E-state index contributed by atoms with van der Waals surface area (Å²) in [7, 11) is 0. The minimum absolute atomic E-state index is 0.420. The van der Waals surface area contributed by atoms with E-state index in [1.165, 1.54) is 0 Å². The SMILES string of the molecule is CCCc1cnc(C=O)[nH]1. The maximum Gasteiger partial charge on any atom is 0.185 e. The van der Waals surface area contributed by atoms with Gasteiger partial charge in [0.05, 0.1) is 0 Å². The number of nitrogens with zero attached hydrogens (tertiary/aromatic N) is 1. The van der Waals surface area contributed by atoms with Gasteiger partial charge in [-0.3, -0.25) is 4.79 Å². The minimum atomic E-state index is 0.420. The molecule has 1 N–H and O–H groups in total. The number of aryl methyl sites for hydroxylation is 1. The van der Waals surface area contributed by atoms with Gasteiger partial charge in [0.25, 0.3) is 0 Å². The molecule has 1 heterocycles. The summed E-state index contributed by atoms with van der Waals surface area (Å²) in [4.78, 5) is 16.8. The molecule has 0 spiro atoms. The molecule has 0 amide bonds. The fraction of sp³-hybridized carbons (Fsp3) is 0.429. The Hall–Kier alpha value is -1.12. The van der Waals surface area contributed by atoms with Gasteiger partial charge in [-0.1, -0.05) is 13.3 Å². The van der Waals surface area contributed by atoms with E-state index >= 15 is 0 Å². The van der Waals surface area contributed by atoms with Gasteiger partial charge in [-0.2, -0.15) is 0 Å². The average Bonchev–Trinajstić information content (AvgIpc) is 2.37. The number of imidazole rings is 1. The first-order valence-electron chi connectivity index (χ1n) is 3.36. The number of carbonyl (C=O) groups excluding carboxylic acids is 1. The van der Waals surface area contributed by atoms with Crippen LogP contribution in [0.2, 0.25) is 0 Å². The van der Waals surface area contributed by atoms with Crippen molar-refractivity contribution in [2.24, 2.45) is 0 Å². The molecule has 1 rings (SSSR count). The van der Waals surface area contributed by atoms with Crippen LogP contribution in [0, 0.1) is 0 Å². The quantitative estimate of drug-likeness (QED) is 0.637. The van der Waals surface area contributed by atoms with E-state index in [0.29, 0.717) is 5.82 Å². The molecule has 0 radical (unpaired) electrons. The predicted octanol–water partition coefficient (Wildman–Crippen LogP) is 1.17. The number of aromatic nitrogens is 2. The summed E-state index contributed by atoms with van der Waals surface area (Å²) >= 11 is 0. The van der Waals surface area contributed by atoms with Crippen molar-refractivity contribution in [3.05, 3.63) is 17.7 Å². The van der Waals surface area contributed by atoms with Crippen molar-refractivity contribution < 1.29 is 4.79 Å². The number of carbonyl (C=O) groups is 1. The summed E-state index contributed by atoms with van der Waals surface area (Å²) in [5.74, 6) is 0.420. The van der Waals surface area contributed by atoms with Crippen LogP contribution in [-0.2, 0) is 6.42 Å². The Kier molecular flexibility index (Phi) is 2.20. The Bertz CT molecular complexity index is 217. The van der Waals surface area contributed by atoms with Crippen LogP contribution in [0.5, 0.6) is 0 Å². The van der Waals surface area contributed by atoms with E-state index in [0.717, 1.165) is 24.8 Å². The number of aromatic amines is 1. The lowest BCUT2D eigenvalue weighted by Crippen LogP contribution is -1.84. The van der Waals surface area contributed by atoms with Crippen LogP contribution in [0.3, 0.4) is 0 Å². The molecule has 0 bridgehead atoms. The summed E-state index contributed by atoms with van der Waals surface area (Å²) in [6.45, 7) is 2.08. The monoisotopic (exact) mass is 138 g/mol. The van der Waals surface area contributed by atoms with Crippen molar-refractivity contribution >= 4 is 6.29 Å². The number of rotatable bonds is 3. The van der Waals surface area contributed by atoms with E-state index in [2.05, 4.69) is 16.9 Å². The van der Waals surface area contributed by atoms with Crippen molar-refractivity contribution in [1.82, 2.24) is 9.97 Å². The highest BCUT2D eigenvalue weighted by molar-refractivity contribution is 5.68. The topological polar surface area (TPSA) is 45.8 Å². The van der Waals surface area contributed by atoms with Crippen LogP contribution < -0.4 is 0 Å². The fourth-order valence-corrected chi connectivity index (χ4v) is 0.833. The number of hydrogen-bond acceptors (Lipinski definition) is 2. The summed E-state index contributed by atoms with van der Waals surface area (Å²) in [5.41, 5.74) is 1.03. The zero-order valence-electron chi connectivity index (χ0n) is 5.92. The first-order chi connectivity index (χ1) is 4.86. The summed E-state index contributed by atoms with van der Waals surface area (Å²) in [5, 5.41) is 0. The lowest BCUT2D eigenvalue weighted by Gasteiger charge is -1.87. The normalized spacial score (nSPS) is 9.70. The Balaban J connectivity index is 2.68. The molecule has 0 unspecified atom stereocenters. The average molecular weight is 138 g/mol. The zero-order valence-corrected chi connectivity index (χ0v) is 5.92. The van der Waals surface area contributed by atoms with E-state index < -0.39 is 0 Å². The molecule has 3 heteroatoms. The van der Waals surface area contributed by atoms with Gasteiger partial charge in [0.2, 0.25) is 0 Å². The Morgan fingerprint density at radius 3 is 3.10 bits per heavy atom. The van der Waals surface area contributed by atoms with Crippen LogP contribution >= 0.6 is 0 Å². The minimum Gasteiger partial charge on any atom is -0.340 e. The zero-order chi connectivity index (χ0) is 7.40. The van der Waals surface area contributed by atoms with Crippen molar-refractivity contribution in [2.75, 3.05) is 0 Å². The molecule has 0 atom stereocenters. The third kappa shape index (κ3) is 1.43. The van der Waals surface area contributed by atoms with Gasteiger partial charge in [0, 0.05) is 11.9 Å². The van der Waals surface area contributed by atoms with Crippen LogP contribution in [0.1, 0.15) is 29.7 Å². The molecule has 0 saturated heterocycles. The Morgan fingerprint density at radius 1 is 1.80 bits per heavy atom. The highest BCUT2D eigenvalue weighted by Gasteiger charge is 1.95. The van der Waals surface area contributed by atoms with Crippen LogP contribution in [0.4, 0.5) is 0 Å². The molecule has 54 valence electrons. The number of nitrogens with one attached hydrogen (secondary N) is 1. The van der Waals surface area contributed by atoms with Gasteiger partial charge < -0.3 is 4.98 Å².